The lowest BCUT2D eigenvalue weighted by Crippen LogP contribution is -2.40. The van der Waals surface area contributed by atoms with Crippen LogP contribution in [0.2, 0.25) is 0 Å². The smallest absolute Gasteiger partial charge is 0.227 e. The molecular formula is C21H25NO. The van der Waals surface area contributed by atoms with Gasteiger partial charge < -0.3 is 4.90 Å². The van der Waals surface area contributed by atoms with E-state index >= 15 is 0 Å². The van der Waals surface area contributed by atoms with Gasteiger partial charge >= 0.3 is 0 Å². The van der Waals surface area contributed by atoms with E-state index in [-0.39, 0.29) is 5.91 Å². The standard InChI is InChI=1S/C21H25NO/c1-16-8-6-7-11-20(16)14-21(23)22(17(2)19-12-13-19)15-18-9-4-3-5-10-18/h3-11,17,19H,12-15H2,1-2H3. The predicted molar refractivity (Wildman–Crippen MR) is 94.1 cm³/mol. The Morgan fingerprint density at radius 1 is 1.09 bits per heavy atom. The molecule has 120 valence electrons. The molecule has 0 aromatic heterocycles. The van der Waals surface area contributed by atoms with Gasteiger partial charge in [-0.05, 0) is 49.3 Å². The summed E-state index contributed by atoms with van der Waals surface area (Å²) in [4.78, 5) is 15.1. The molecule has 1 unspecified atom stereocenters. The zero-order chi connectivity index (χ0) is 16.2. The first-order chi connectivity index (χ1) is 11.1. The van der Waals surface area contributed by atoms with Crippen LogP contribution in [0.1, 0.15) is 36.5 Å². The summed E-state index contributed by atoms with van der Waals surface area (Å²) in [5.41, 5.74) is 3.54. The number of hydrogen-bond donors (Lipinski definition) is 0. The molecule has 0 aliphatic heterocycles. The van der Waals surface area contributed by atoms with E-state index in [1.807, 2.05) is 30.3 Å². The van der Waals surface area contributed by atoms with Crippen molar-refractivity contribution in [3.8, 4) is 0 Å². The van der Waals surface area contributed by atoms with Crippen LogP contribution in [-0.2, 0) is 17.8 Å². The maximum absolute atomic E-state index is 13.0. The summed E-state index contributed by atoms with van der Waals surface area (Å²) in [5.74, 6) is 0.919. The van der Waals surface area contributed by atoms with Crippen LogP contribution in [0.3, 0.4) is 0 Å². The molecular weight excluding hydrogens is 282 g/mol. The molecule has 3 rings (SSSR count). The fourth-order valence-corrected chi connectivity index (χ4v) is 3.15. The number of carbonyl (C=O) groups is 1. The Morgan fingerprint density at radius 2 is 1.74 bits per heavy atom. The lowest BCUT2D eigenvalue weighted by Gasteiger charge is -2.30. The van der Waals surface area contributed by atoms with Crippen LogP contribution < -0.4 is 0 Å². The highest BCUT2D eigenvalue weighted by Crippen LogP contribution is 2.36. The van der Waals surface area contributed by atoms with E-state index in [9.17, 15) is 4.79 Å². The molecule has 2 aromatic rings. The van der Waals surface area contributed by atoms with Gasteiger partial charge in [-0.3, -0.25) is 4.79 Å². The van der Waals surface area contributed by atoms with Crippen molar-refractivity contribution in [3.63, 3.8) is 0 Å². The Kier molecular flexibility index (Phi) is 4.80. The van der Waals surface area contributed by atoms with E-state index in [0.29, 0.717) is 24.9 Å². The second-order valence-electron chi connectivity index (χ2n) is 6.69. The van der Waals surface area contributed by atoms with Gasteiger partial charge in [0.05, 0.1) is 6.42 Å². The maximum atomic E-state index is 13.0. The highest BCUT2D eigenvalue weighted by Gasteiger charge is 2.34. The van der Waals surface area contributed by atoms with Crippen LogP contribution in [0.25, 0.3) is 0 Å². The van der Waals surface area contributed by atoms with Gasteiger partial charge in [-0.15, -0.1) is 0 Å². The number of nitrogens with zero attached hydrogens (tertiary/aromatic N) is 1. The van der Waals surface area contributed by atoms with Crippen LogP contribution in [0, 0.1) is 12.8 Å². The molecule has 0 N–H and O–H groups in total. The minimum Gasteiger partial charge on any atom is -0.335 e. The Hall–Kier alpha value is -2.09. The van der Waals surface area contributed by atoms with Gasteiger partial charge in [0.25, 0.3) is 0 Å². The molecule has 1 aliphatic rings. The lowest BCUT2D eigenvalue weighted by atomic mass is 10.0. The molecule has 2 aromatic carbocycles. The number of benzene rings is 2. The average molecular weight is 307 g/mol. The molecule has 2 heteroatoms. The molecule has 0 saturated heterocycles. The van der Waals surface area contributed by atoms with Crippen LogP contribution in [-0.4, -0.2) is 16.8 Å². The summed E-state index contributed by atoms with van der Waals surface area (Å²) >= 11 is 0. The zero-order valence-corrected chi connectivity index (χ0v) is 14.0. The summed E-state index contributed by atoms with van der Waals surface area (Å²) in [6.07, 6.45) is 3.00. The highest BCUT2D eigenvalue weighted by atomic mass is 16.2. The fourth-order valence-electron chi connectivity index (χ4n) is 3.15. The number of hydrogen-bond acceptors (Lipinski definition) is 1. The first-order valence-electron chi connectivity index (χ1n) is 8.53. The summed E-state index contributed by atoms with van der Waals surface area (Å²) in [7, 11) is 0. The number of amides is 1. The van der Waals surface area contributed by atoms with Gasteiger partial charge in [-0.2, -0.15) is 0 Å². The molecule has 2 nitrogen and oxygen atoms in total. The van der Waals surface area contributed by atoms with Crippen molar-refractivity contribution in [2.45, 2.75) is 45.7 Å². The van der Waals surface area contributed by atoms with E-state index in [2.05, 4.69) is 43.0 Å². The molecule has 23 heavy (non-hydrogen) atoms. The molecule has 0 bridgehead atoms. The van der Waals surface area contributed by atoms with Crippen molar-refractivity contribution >= 4 is 5.91 Å². The minimum absolute atomic E-state index is 0.238. The molecule has 1 atom stereocenters. The van der Waals surface area contributed by atoms with E-state index < -0.39 is 0 Å². The quantitative estimate of drug-likeness (QED) is 0.776. The van der Waals surface area contributed by atoms with Gasteiger partial charge in [0.2, 0.25) is 5.91 Å². The first-order valence-corrected chi connectivity index (χ1v) is 8.53. The molecule has 1 saturated carbocycles. The largest absolute Gasteiger partial charge is 0.335 e. The van der Waals surface area contributed by atoms with Crippen LogP contribution in [0.4, 0.5) is 0 Å². The molecule has 1 aliphatic carbocycles. The Bertz CT molecular complexity index is 661. The second-order valence-corrected chi connectivity index (χ2v) is 6.69. The van der Waals surface area contributed by atoms with Crippen molar-refractivity contribution in [1.82, 2.24) is 4.90 Å². The zero-order valence-electron chi connectivity index (χ0n) is 14.0. The molecule has 1 fully saturated rings. The summed E-state index contributed by atoms with van der Waals surface area (Å²) in [5, 5.41) is 0. The van der Waals surface area contributed by atoms with Crippen molar-refractivity contribution in [1.29, 1.82) is 0 Å². The monoisotopic (exact) mass is 307 g/mol. The van der Waals surface area contributed by atoms with Gasteiger partial charge in [-0.1, -0.05) is 54.6 Å². The third-order valence-corrected chi connectivity index (χ3v) is 4.91. The van der Waals surface area contributed by atoms with Gasteiger partial charge in [0.1, 0.15) is 0 Å². The lowest BCUT2D eigenvalue weighted by molar-refractivity contribution is -0.133. The normalized spacial score (nSPS) is 15.2. The third kappa shape index (κ3) is 4.01. The summed E-state index contributed by atoms with van der Waals surface area (Å²) in [6, 6.07) is 18.8. The molecule has 0 spiro atoms. The highest BCUT2D eigenvalue weighted by molar-refractivity contribution is 5.79. The van der Waals surface area contributed by atoms with Gasteiger partial charge in [0, 0.05) is 12.6 Å². The minimum atomic E-state index is 0.238. The Morgan fingerprint density at radius 3 is 2.39 bits per heavy atom. The molecule has 1 amide bonds. The summed E-state index contributed by atoms with van der Waals surface area (Å²) in [6.45, 7) is 4.99. The second kappa shape index (κ2) is 6.99. The SMILES string of the molecule is Cc1ccccc1CC(=O)N(Cc1ccccc1)C(C)C1CC1. The van der Waals surface area contributed by atoms with Crippen molar-refractivity contribution in [3.05, 3.63) is 71.3 Å². The van der Waals surface area contributed by atoms with E-state index in [4.69, 9.17) is 0 Å². The molecule has 0 radical (unpaired) electrons. The van der Waals surface area contributed by atoms with Crippen LogP contribution in [0.15, 0.2) is 54.6 Å². The van der Waals surface area contributed by atoms with E-state index in [1.54, 1.807) is 0 Å². The van der Waals surface area contributed by atoms with Gasteiger partial charge in [0.15, 0.2) is 0 Å². The maximum Gasteiger partial charge on any atom is 0.227 e. The Labute approximate surface area is 139 Å². The van der Waals surface area contributed by atoms with E-state index in [0.717, 1.165) is 5.56 Å². The number of carbonyl (C=O) groups excluding carboxylic acids is 1. The van der Waals surface area contributed by atoms with Crippen molar-refractivity contribution in [2.24, 2.45) is 5.92 Å². The van der Waals surface area contributed by atoms with Crippen molar-refractivity contribution < 1.29 is 4.79 Å². The van der Waals surface area contributed by atoms with Crippen molar-refractivity contribution in [2.75, 3.05) is 0 Å². The average Bonchev–Trinajstić information content (AvgIpc) is 3.40. The molecule has 0 heterocycles. The fraction of sp³-hybridized carbons (Fsp3) is 0.381. The summed E-state index contributed by atoms with van der Waals surface area (Å²) < 4.78 is 0. The number of aryl methyl sites for hydroxylation is 1. The predicted octanol–water partition coefficient (Wildman–Crippen LogP) is 4.36. The van der Waals surface area contributed by atoms with Crippen LogP contribution in [0.5, 0.6) is 0 Å². The number of rotatable bonds is 6. The topological polar surface area (TPSA) is 20.3 Å². The van der Waals surface area contributed by atoms with E-state index in [1.165, 1.54) is 24.0 Å². The Balaban J connectivity index is 1.77. The van der Waals surface area contributed by atoms with Gasteiger partial charge in [-0.25, -0.2) is 0 Å². The third-order valence-electron chi connectivity index (χ3n) is 4.91. The first kappa shape index (κ1) is 15.8. The van der Waals surface area contributed by atoms with Crippen LogP contribution >= 0.6 is 0 Å².